The second-order valence-electron chi connectivity index (χ2n) is 8.56. The summed E-state index contributed by atoms with van der Waals surface area (Å²) >= 11 is 0. The molecule has 0 amide bonds. The summed E-state index contributed by atoms with van der Waals surface area (Å²) < 4.78 is 39.0. The fourth-order valence-electron chi connectivity index (χ4n) is 4.34. The zero-order valence-corrected chi connectivity index (χ0v) is 20.5. The lowest BCUT2D eigenvalue weighted by Crippen LogP contribution is -2.18. The van der Waals surface area contributed by atoms with Gasteiger partial charge in [-0.25, -0.2) is 4.39 Å². The summed E-state index contributed by atoms with van der Waals surface area (Å²) in [5.74, 6) is 2.37. The molecule has 0 radical (unpaired) electrons. The molecular weight excluding hydrogens is 444 g/mol. The molecule has 1 aliphatic rings. The lowest BCUT2D eigenvalue weighted by atomic mass is 9.96. The Morgan fingerprint density at radius 2 is 1.94 bits per heavy atom. The number of rotatable bonds is 7. The number of ether oxygens (including phenoxy) is 1. The largest absolute Gasteiger partial charge is 0.469 e. The van der Waals surface area contributed by atoms with Crippen LogP contribution in [0.15, 0.2) is 24.3 Å². The molecular formula is C25H31FNO5P. The van der Waals surface area contributed by atoms with Gasteiger partial charge in [0, 0.05) is 30.6 Å². The molecule has 33 heavy (non-hydrogen) atoms. The van der Waals surface area contributed by atoms with Crippen molar-refractivity contribution in [2.75, 3.05) is 20.4 Å². The molecule has 2 atom stereocenters. The maximum absolute atomic E-state index is 13.6. The molecule has 1 unspecified atom stereocenters. The summed E-state index contributed by atoms with van der Waals surface area (Å²) in [6, 6.07) is 6.34. The van der Waals surface area contributed by atoms with Crippen LogP contribution in [0, 0.1) is 17.4 Å². The summed E-state index contributed by atoms with van der Waals surface area (Å²) in [7, 11) is -1.04. The molecule has 1 aliphatic heterocycles. The molecule has 0 saturated carbocycles. The second-order valence-corrected chi connectivity index (χ2v) is 10.9. The molecule has 0 aliphatic carbocycles. The van der Waals surface area contributed by atoms with Gasteiger partial charge in [0.15, 0.2) is 0 Å². The van der Waals surface area contributed by atoms with Gasteiger partial charge in [-0.1, -0.05) is 31.9 Å². The highest BCUT2D eigenvalue weighted by molar-refractivity contribution is 7.64. The van der Waals surface area contributed by atoms with Crippen LogP contribution in [0.5, 0.6) is 0 Å². The van der Waals surface area contributed by atoms with Crippen LogP contribution in [0.2, 0.25) is 0 Å². The summed E-state index contributed by atoms with van der Waals surface area (Å²) in [5, 5.41) is 10.2. The zero-order valence-electron chi connectivity index (χ0n) is 19.6. The van der Waals surface area contributed by atoms with Crippen molar-refractivity contribution in [3.05, 3.63) is 47.0 Å². The van der Waals surface area contributed by atoms with Crippen LogP contribution in [0.25, 0.3) is 11.1 Å². The van der Waals surface area contributed by atoms with Crippen LogP contribution in [0.3, 0.4) is 0 Å². The van der Waals surface area contributed by atoms with E-state index >= 15 is 0 Å². The Labute approximate surface area is 194 Å². The van der Waals surface area contributed by atoms with Crippen LogP contribution in [0.1, 0.15) is 56.0 Å². The number of carbonyl (C=O) groups excluding carboxylic acids is 1. The van der Waals surface area contributed by atoms with Gasteiger partial charge in [-0.3, -0.25) is 9.36 Å². The van der Waals surface area contributed by atoms with Crippen LogP contribution in [-0.4, -0.2) is 42.1 Å². The van der Waals surface area contributed by atoms with E-state index in [0.717, 1.165) is 53.9 Å². The minimum Gasteiger partial charge on any atom is -0.469 e. The first-order valence-corrected chi connectivity index (χ1v) is 12.9. The van der Waals surface area contributed by atoms with E-state index in [4.69, 9.17) is 4.52 Å². The van der Waals surface area contributed by atoms with Crippen LogP contribution in [-0.2, 0) is 31.6 Å². The van der Waals surface area contributed by atoms with E-state index in [1.165, 1.54) is 26.4 Å². The molecule has 2 heterocycles. The minimum atomic E-state index is -3.55. The predicted molar refractivity (Wildman–Crippen MR) is 126 cm³/mol. The third-order valence-electron chi connectivity index (χ3n) is 5.86. The number of fused-ring (bicyclic) bond motifs is 1. The van der Waals surface area contributed by atoms with E-state index < -0.39 is 19.4 Å². The molecule has 3 rings (SSSR count). The van der Waals surface area contributed by atoms with E-state index in [2.05, 4.69) is 34.7 Å². The second kappa shape index (κ2) is 10.7. The van der Waals surface area contributed by atoms with Gasteiger partial charge in [0.1, 0.15) is 5.82 Å². The van der Waals surface area contributed by atoms with Gasteiger partial charge in [0.25, 0.3) is 7.37 Å². The van der Waals surface area contributed by atoms with Crippen molar-refractivity contribution < 1.29 is 28.1 Å². The summed E-state index contributed by atoms with van der Waals surface area (Å²) in [6.07, 6.45) is 1.24. The highest BCUT2D eigenvalue weighted by Gasteiger charge is 2.28. The number of hydrogen-bond donors (Lipinski definition) is 1. The number of methoxy groups -OCH3 is 1. The number of aromatic nitrogens is 1. The minimum absolute atomic E-state index is 0.159. The monoisotopic (exact) mass is 475 g/mol. The highest BCUT2D eigenvalue weighted by atomic mass is 31.2. The molecule has 1 aromatic heterocycles. The van der Waals surface area contributed by atoms with Gasteiger partial charge in [0.05, 0.1) is 31.4 Å². The SMILES string of the molecule is COC(=O)C[C@H](O)CP(=O)(C#Cc1c(-c2ccc(F)cc2)c2n(c1C(C)C)CCCC2)OC. The lowest BCUT2D eigenvalue weighted by molar-refractivity contribution is -0.142. The Morgan fingerprint density at radius 1 is 1.24 bits per heavy atom. The highest BCUT2D eigenvalue weighted by Crippen LogP contribution is 2.46. The number of aliphatic hydroxyl groups excluding tert-OH is 1. The quantitative estimate of drug-likeness (QED) is 0.350. The number of halogens is 1. The molecule has 0 fully saturated rings. The number of hydrogen-bond acceptors (Lipinski definition) is 5. The molecule has 1 aromatic carbocycles. The van der Waals surface area contributed by atoms with Gasteiger partial charge >= 0.3 is 5.97 Å². The maximum atomic E-state index is 13.6. The van der Waals surface area contributed by atoms with Crippen molar-refractivity contribution >= 4 is 13.3 Å². The number of carbonyl (C=O) groups is 1. The third-order valence-corrected chi connectivity index (χ3v) is 7.81. The molecule has 1 N–H and O–H groups in total. The molecule has 8 heteroatoms. The fraction of sp³-hybridized carbons (Fsp3) is 0.480. The first kappa shape index (κ1) is 25.2. The number of benzene rings is 1. The number of esters is 1. The van der Waals surface area contributed by atoms with Gasteiger partial charge < -0.3 is 18.9 Å². The Hall–Kier alpha value is -2.39. The Balaban J connectivity index is 2.11. The summed E-state index contributed by atoms with van der Waals surface area (Å²) in [6.45, 7) is 5.05. The van der Waals surface area contributed by atoms with Gasteiger partial charge in [0.2, 0.25) is 0 Å². The predicted octanol–water partition coefficient (Wildman–Crippen LogP) is 4.91. The van der Waals surface area contributed by atoms with E-state index in [1.54, 1.807) is 12.1 Å². The fourth-order valence-corrected chi connectivity index (χ4v) is 5.64. The molecule has 2 aromatic rings. The Bertz CT molecular complexity index is 1110. The standard InChI is InChI=1S/C25H31FNO5P/c1-17(2)25-21(12-14-33(30,32-4)16-20(28)15-23(29)31-3)24(18-8-10-19(26)11-9-18)22-7-5-6-13-27(22)25/h8-11,17,20,28H,5-7,13,15-16H2,1-4H3/t20-,33?/m0/s1. The zero-order chi connectivity index (χ0) is 24.2. The van der Waals surface area contributed by atoms with E-state index in [-0.39, 0.29) is 24.3 Å². The average molecular weight is 475 g/mol. The van der Waals surface area contributed by atoms with Crippen LogP contribution >= 0.6 is 7.37 Å². The van der Waals surface area contributed by atoms with Crippen LogP contribution in [0.4, 0.5) is 4.39 Å². The van der Waals surface area contributed by atoms with E-state index in [1.807, 2.05) is 0 Å². The number of aliphatic hydroxyl groups is 1. The average Bonchev–Trinajstić information content (AvgIpc) is 3.12. The van der Waals surface area contributed by atoms with Crippen molar-refractivity contribution in [2.45, 2.75) is 58.1 Å². The molecule has 0 spiro atoms. The van der Waals surface area contributed by atoms with Crippen molar-refractivity contribution in [1.29, 1.82) is 0 Å². The summed E-state index contributed by atoms with van der Waals surface area (Å²) in [5.41, 5.74) is 7.55. The molecule has 6 nitrogen and oxygen atoms in total. The number of nitrogens with zero attached hydrogens (tertiary/aromatic N) is 1. The Kier molecular flexibility index (Phi) is 8.18. The maximum Gasteiger partial charge on any atom is 0.308 e. The normalized spacial score (nSPS) is 15.8. The van der Waals surface area contributed by atoms with Gasteiger partial charge in [-0.15, -0.1) is 0 Å². The Morgan fingerprint density at radius 3 is 2.55 bits per heavy atom. The van der Waals surface area contributed by atoms with Crippen LogP contribution < -0.4 is 0 Å². The first-order chi connectivity index (χ1) is 15.7. The van der Waals surface area contributed by atoms with E-state index in [9.17, 15) is 18.9 Å². The first-order valence-electron chi connectivity index (χ1n) is 11.1. The van der Waals surface area contributed by atoms with Gasteiger partial charge in [-0.2, -0.15) is 0 Å². The van der Waals surface area contributed by atoms with Crippen molar-refractivity contribution in [3.8, 4) is 22.7 Å². The van der Waals surface area contributed by atoms with Crippen molar-refractivity contribution in [1.82, 2.24) is 4.57 Å². The molecule has 0 bridgehead atoms. The van der Waals surface area contributed by atoms with Gasteiger partial charge in [-0.05, 0) is 48.5 Å². The third kappa shape index (κ3) is 5.76. The lowest BCUT2D eigenvalue weighted by Gasteiger charge is -2.20. The molecule has 178 valence electrons. The summed E-state index contributed by atoms with van der Waals surface area (Å²) in [4.78, 5) is 11.5. The topological polar surface area (TPSA) is 77.8 Å². The van der Waals surface area contributed by atoms with Crippen molar-refractivity contribution in [2.24, 2.45) is 0 Å². The smallest absolute Gasteiger partial charge is 0.308 e. The van der Waals surface area contributed by atoms with Crippen molar-refractivity contribution in [3.63, 3.8) is 0 Å². The van der Waals surface area contributed by atoms with E-state index in [0.29, 0.717) is 0 Å². The molecule has 0 saturated heterocycles.